The van der Waals surface area contributed by atoms with Crippen LogP contribution in [0.25, 0.3) is 0 Å². The van der Waals surface area contributed by atoms with Gasteiger partial charge in [0.2, 0.25) is 0 Å². The Kier molecular flexibility index (Phi) is 3.52. The van der Waals surface area contributed by atoms with Crippen molar-refractivity contribution in [3.05, 3.63) is 12.3 Å². The van der Waals surface area contributed by atoms with Gasteiger partial charge in [-0.15, -0.1) is 0 Å². The second-order valence-electron chi connectivity index (χ2n) is 3.48. The fraction of sp³-hybridized carbons (Fsp3) is 0.500. The largest absolute Gasteiger partial charge is 0.460 e. The number of carbonyl (C=O) groups excluding carboxylic acids is 1. The standard InChI is InChI=1S/C8H6F7N3O/c1-18-3-2-4(17-18)16-5(19)6(9,10)7(11,12)8(13,14)15/h2-3H,1H3,(H,16,17,19). The lowest BCUT2D eigenvalue weighted by Gasteiger charge is -2.26. The Balaban J connectivity index is 2.97. The zero-order chi connectivity index (χ0) is 15.1. The molecule has 1 amide bonds. The van der Waals surface area contributed by atoms with E-state index in [4.69, 9.17) is 0 Å². The molecule has 1 aromatic heterocycles. The molecule has 1 heterocycles. The first-order chi connectivity index (χ1) is 8.39. The van der Waals surface area contributed by atoms with E-state index in [0.717, 1.165) is 16.9 Å². The summed E-state index contributed by atoms with van der Waals surface area (Å²) in [7, 11) is 1.32. The lowest BCUT2D eigenvalue weighted by atomic mass is 10.1. The minimum Gasteiger partial charge on any atom is -0.304 e. The van der Waals surface area contributed by atoms with Crippen molar-refractivity contribution >= 4 is 11.7 Å². The summed E-state index contributed by atoms with van der Waals surface area (Å²) in [4.78, 5) is 10.8. The summed E-state index contributed by atoms with van der Waals surface area (Å²) in [6.45, 7) is 0. The van der Waals surface area contributed by atoms with Crippen LogP contribution in [-0.4, -0.2) is 33.7 Å². The van der Waals surface area contributed by atoms with E-state index in [1.807, 2.05) is 0 Å². The number of aryl methyl sites for hydroxylation is 1. The Morgan fingerprint density at radius 1 is 1.21 bits per heavy atom. The predicted molar refractivity (Wildman–Crippen MR) is 47.8 cm³/mol. The van der Waals surface area contributed by atoms with Crippen molar-refractivity contribution in [2.45, 2.75) is 18.0 Å². The summed E-state index contributed by atoms with van der Waals surface area (Å²) in [5, 5.41) is 4.51. The Morgan fingerprint density at radius 3 is 2.11 bits per heavy atom. The van der Waals surface area contributed by atoms with Crippen LogP contribution in [0.3, 0.4) is 0 Å². The van der Waals surface area contributed by atoms with Crippen molar-refractivity contribution in [1.29, 1.82) is 0 Å². The molecule has 0 aliphatic heterocycles. The van der Waals surface area contributed by atoms with Crippen molar-refractivity contribution in [2.24, 2.45) is 7.05 Å². The quantitative estimate of drug-likeness (QED) is 0.868. The molecule has 0 spiro atoms. The number of rotatable bonds is 3. The van der Waals surface area contributed by atoms with E-state index in [9.17, 15) is 35.5 Å². The second-order valence-corrected chi connectivity index (χ2v) is 3.48. The van der Waals surface area contributed by atoms with Gasteiger partial charge in [0.1, 0.15) is 0 Å². The normalized spacial score (nSPS) is 13.5. The van der Waals surface area contributed by atoms with E-state index in [2.05, 4.69) is 5.10 Å². The minimum atomic E-state index is -6.56. The smallest absolute Gasteiger partial charge is 0.304 e. The Hall–Kier alpha value is -1.81. The van der Waals surface area contributed by atoms with Crippen LogP contribution in [0.1, 0.15) is 0 Å². The Labute approximate surface area is 101 Å². The van der Waals surface area contributed by atoms with Crippen LogP contribution in [-0.2, 0) is 11.8 Å². The van der Waals surface area contributed by atoms with Gasteiger partial charge in [-0.05, 0) is 0 Å². The maximum atomic E-state index is 12.9. The first-order valence-corrected chi connectivity index (χ1v) is 4.53. The minimum absolute atomic E-state index is 0.579. The number of hydrogen-bond acceptors (Lipinski definition) is 2. The van der Waals surface area contributed by atoms with Gasteiger partial charge in [0.05, 0.1) is 0 Å². The SMILES string of the molecule is Cn1ccc(NC(=O)C(F)(F)C(F)(F)C(F)(F)F)n1. The van der Waals surface area contributed by atoms with Crippen molar-refractivity contribution in [3.8, 4) is 0 Å². The van der Waals surface area contributed by atoms with Gasteiger partial charge in [0, 0.05) is 19.3 Å². The number of aromatic nitrogens is 2. The Bertz CT molecular complexity index is 479. The molecule has 19 heavy (non-hydrogen) atoms. The molecule has 0 atom stereocenters. The molecule has 0 aromatic carbocycles. The number of halogens is 7. The summed E-state index contributed by atoms with van der Waals surface area (Å²) < 4.78 is 87.2. The lowest BCUT2D eigenvalue weighted by molar-refractivity contribution is -0.343. The van der Waals surface area contributed by atoms with Gasteiger partial charge >= 0.3 is 23.9 Å². The summed E-state index contributed by atoms with van der Waals surface area (Å²) >= 11 is 0. The van der Waals surface area contributed by atoms with E-state index >= 15 is 0 Å². The molecule has 0 saturated carbocycles. The zero-order valence-corrected chi connectivity index (χ0v) is 9.10. The zero-order valence-electron chi connectivity index (χ0n) is 9.10. The third-order valence-electron chi connectivity index (χ3n) is 1.99. The van der Waals surface area contributed by atoms with Gasteiger partial charge in [0.15, 0.2) is 5.82 Å². The van der Waals surface area contributed by atoms with Gasteiger partial charge in [-0.25, -0.2) is 0 Å². The molecular formula is C8H6F7N3O. The molecule has 0 bridgehead atoms. The molecule has 0 unspecified atom stereocenters. The molecule has 1 N–H and O–H groups in total. The average Bonchev–Trinajstić information content (AvgIpc) is 2.61. The van der Waals surface area contributed by atoms with Crippen LogP contribution in [0, 0.1) is 0 Å². The van der Waals surface area contributed by atoms with Crippen molar-refractivity contribution in [2.75, 3.05) is 5.32 Å². The summed E-state index contributed by atoms with van der Waals surface area (Å²) in [6.07, 6.45) is -5.40. The Morgan fingerprint density at radius 2 is 1.74 bits per heavy atom. The number of alkyl halides is 7. The van der Waals surface area contributed by atoms with Crippen LogP contribution in [0.4, 0.5) is 36.6 Å². The topological polar surface area (TPSA) is 46.9 Å². The van der Waals surface area contributed by atoms with Crippen LogP contribution in [0.5, 0.6) is 0 Å². The molecule has 0 aliphatic carbocycles. The summed E-state index contributed by atoms with van der Waals surface area (Å²) in [5.41, 5.74) is 0. The van der Waals surface area contributed by atoms with Gasteiger partial charge < -0.3 is 5.32 Å². The first-order valence-electron chi connectivity index (χ1n) is 4.53. The number of amides is 1. The van der Waals surface area contributed by atoms with Crippen molar-refractivity contribution < 1.29 is 35.5 Å². The molecule has 1 aromatic rings. The maximum Gasteiger partial charge on any atom is 0.460 e. The highest BCUT2D eigenvalue weighted by atomic mass is 19.4. The maximum absolute atomic E-state index is 12.9. The van der Waals surface area contributed by atoms with Gasteiger partial charge in [0.25, 0.3) is 0 Å². The molecule has 0 fully saturated rings. The van der Waals surface area contributed by atoms with E-state index in [1.165, 1.54) is 12.4 Å². The van der Waals surface area contributed by atoms with E-state index < -0.39 is 29.7 Å². The molecule has 108 valence electrons. The van der Waals surface area contributed by atoms with Crippen LogP contribution in [0.2, 0.25) is 0 Å². The first kappa shape index (κ1) is 15.2. The molecule has 4 nitrogen and oxygen atoms in total. The molecular weight excluding hydrogens is 287 g/mol. The molecule has 0 saturated heterocycles. The fourth-order valence-electron chi connectivity index (χ4n) is 0.997. The highest BCUT2D eigenvalue weighted by Crippen LogP contribution is 2.46. The summed E-state index contributed by atoms with van der Waals surface area (Å²) in [5.74, 6) is -15.8. The number of hydrogen-bond donors (Lipinski definition) is 1. The third-order valence-corrected chi connectivity index (χ3v) is 1.99. The number of anilines is 1. The average molecular weight is 293 g/mol. The van der Waals surface area contributed by atoms with E-state index in [1.54, 1.807) is 0 Å². The van der Waals surface area contributed by atoms with Gasteiger partial charge in [-0.1, -0.05) is 0 Å². The van der Waals surface area contributed by atoms with E-state index in [0.29, 0.717) is 0 Å². The molecule has 11 heteroatoms. The lowest BCUT2D eigenvalue weighted by Crippen LogP contribution is -2.57. The summed E-state index contributed by atoms with van der Waals surface area (Å²) in [6, 6.07) is 0.944. The molecule has 1 rings (SSSR count). The molecule has 0 radical (unpaired) electrons. The number of nitrogens with zero attached hydrogens (tertiary/aromatic N) is 2. The highest BCUT2D eigenvalue weighted by molar-refractivity contribution is 5.96. The fourth-order valence-corrected chi connectivity index (χ4v) is 0.997. The number of nitrogens with one attached hydrogen (secondary N) is 1. The van der Waals surface area contributed by atoms with Crippen molar-refractivity contribution in [3.63, 3.8) is 0 Å². The van der Waals surface area contributed by atoms with Crippen molar-refractivity contribution in [1.82, 2.24) is 9.78 Å². The van der Waals surface area contributed by atoms with Gasteiger partial charge in [-0.2, -0.15) is 35.8 Å². The van der Waals surface area contributed by atoms with Gasteiger partial charge in [-0.3, -0.25) is 9.48 Å². The van der Waals surface area contributed by atoms with Crippen LogP contribution in [0.15, 0.2) is 12.3 Å². The predicted octanol–water partition coefficient (Wildman–Crippen LogP) is 2.19. The monoisotopic (exact) mass is 293 g/mol. The molecule has 0 aliphatic rings. The highest BCUT2D eigenvalue weighted by Gasteiger charge is 2.76. The van der Waals surface area contributed by atoms with E-state index in [-0.39, 0.29) is 0 Å². The number of carbonyl (C=O) groups is 1. The van der Waals surface area contributed by atoms with Crippen LogP contribution >= 0.6 is 0 Å². The van der Waals surface area contributed by atoms with Crippen LogP contribution < -0.4 is 5.32 Å². The second kappa shape index (κ2) is 4.38. The third kappa shape index (κ3) is 2.63.